The summed E-state index contributed by atoms with van der Waals surface area (Å²) in [6.07, 6.45) is 0. The SMILES string of the molecule is CCN(CC)C1=NS(=O)(=O)Oc2cc(C)ccc2N1. The monoisotopic (exact) mass is 283 g/mol. The van der Waals surface area contributed by atoms with Gasteiger partial charge in [0.15, 0.2) is 5.75 Å². The summed E-state index contributed by atoms with van der Waals surface area (Å²) < 4.78 is 32.3. The van der Waals surface area contributed by atoms with Crippen molar-refractivity contribution in [3.8, 4) is 5.75 Å². The number of hydrogen-bond donors (Lipinski definition) is 1. The molecule has 0 spiro atoms. The van der Waals surface area contributed by atoms with Gasteiger partial charge in [-0.1, -0.05) is 10.5 Å². The van der Waals surface area contributed by atoms with Gasteiger partial charge in [0, 0.05) is 13.1 Å². The maximum atomic E-state index is 11.8. The molecule has 1 aliphatic rings. The van der Waals surface area contributed by atoms with Crippen molar-refractivity contribution < 1.29 is 12.6 Å². The van der Waals surface area contributed by atoms with E-state index in [2.05, 4.69) is 9.71 Å². The van der Waals surface area contributed by atoms with E-state index in [1.54, 1.807) is 12.1 Å². The van der Waals surface area contributed by atoms with Gasteiger partial charge in [-0.2, -0.15) is 8.42 Å². The summed E-state index contributed by atoms with van der Waals surface area (Å²) in [6.45, 7) is 7.04. The number of rotatable bonds is 2. The van der Waals surface area contributed by atoms with E-state index in [1.165, 1.54) is 0 Å². The van der Waals surface area contributed by atoms with Gasteiger partial charge in [0.2, 0.25) is 5.96 Å². The van der Waals surface area contributed by atoms with E-state index in [1.807, 2.05) is 31.7 Å². The average Bonchev–Trinajstić information content (AvgIpc) is 2.45. The summed E-state index contributed by atoms with van der Waals surface area (Å²) in [5, 5.41) is 3.02. The van der Waals surface area contributed by atoms with Crippen molar-refractivity contribution in [2.45, 2.75) is 20.8 Å². The highest BCUT2D eigenvalue weighted by atomic mass is 32.2. The molecule has 0 radical (unpaired) electrons. The molecule has 0 atom stereocenters. The lowest BCUT2D eigenvalue weighted by molar-refractivity contribution is 0.462. The molecule has 0 aromatic heterocycles. The molecule has 0 aliphatic carbocycles. The molecule has 1 aromatic carbocycles. The zero-order valence-electron chi connectivity index (χ0n) is 11.2. The number of nitrogens with zero attached hydrogens (tertiary/aromatic N) is 2. The van der Waals surface area contributed by atoms with E-state index < -0.39 is 10.3 Å². The van der Waals surface area contributed by atoms with Crippen LogP contribution in [-0.4, -0.2) is 32.4 Å². The lowest BCUT2D eigenvalue weighted by Crippen LogP contribution is -2.36. The van der Waals surface area contributed by atoms with Gasteiger partial charge in [0.05, 0.1) is 5.69 Å². The quantitative estimate of drug-likeness (QED) is 0.895. The van der Waals surface area contributed by atoms with Crippen molar-refractivity contribution >= 4 is 22.0 Å². The topological polar surface area (TPSA) is 71.0 Å². The Labute approximate surface area is 113 Å². The molecule has 1 heterocycles. The second kappa shape index (κ2) is 5.08. The van der Waals surface area contributed by atoms with Crippen LogP contribution >= 0.6 is 0 Å². The van der Waals surface area contributed by atoms with Gasteiger partial charge in [0.25, 0.3) is 0 Å². The van der Waals surface area contributed by atoms with Crippen molar-refractivity contribution in [2.24, 2.45) is 4.40 Å². The van der Waals surface area contributed by atoms with Crippen LogP contribution in [0.15, 0.2) is 22.6 Å². The Bertz CT molecular complexity index is 607. The Kier molecular flexibility index (Phi) is 3.66. The van der Waals surface area contributed by atoms with Crippen LogP contribution in [0.2, 0.25) is 0 Å². The number of guanidine groups is 1. The minimum Gasteiger partial charge on any atom is -0.363 e. The van der Waals surface area contributed by atoms with Crippen LogP contribution < -0.4 is 9.50 Å². The third-order valence-corrected chi connectivity index (χ3v) is 3.63. The highest BCUT2D eigenvalue weighted by molar-refractivity contribution is 7.85. The molecule has 0 fully saturated rings. The van der Waals surface area contributed by atoms with Crippen LogP contribution in [0, 0.1) is 6.92 Å². The van der Waals surface area contributed by atoms with Crippen LogP contribution in [-0.2, 0) is 10.3 Å². The number of fused-ring (bicyclic) bond motifs is 1. The fourth-order valence-corrected chi connectivity index (χ4v) is 2.62. The summed E-state index contributed by atoms with van der Waals surface area (Å²) in [6, 6.07) is 5.33. The number of hydrogen-bond acceptors (Lipinski definition) is 5. The Morgan fingerprint density at radius 2 is 2.00 bits per heavy atom. The minimum atomic E-state index is -3.98. The van der Waals surface area contributed by atoms with Gasteiger partial charge in [-0.05, 0) is 38.5 Å². The zero-order valence-corrected chi connectivity index (χ0v) is 12.0. The molecule has 19 heavy (non-hydrogen) atoms. The molecule has 1 N–H and O–H groups in total. The largest absolute Gasteiger partial charge is 0.431 e. The Hall–Kier alpha value is -1.76. The lowest BCUT2D eigenvalue weighted by Gasteiger charge is -2.22. The first-order chi connectivity index (χ1) is 8.95. The third-order valence-electron chi connectivity index (χ3n) is 2.84. The number of anilines is 1. The average molecular weight is 283 g/mol. The number of aryl methyl sites for hydroxylation is 1. The van der Waals surface area contributed by atoms with E-state index in [-0.39, 0.29) is 11.7 Å². The molecular weight excluding hydrogens is 266 g/mol. The van der Waals surface area contributed by atoms with Gasteiger partial charge in [-0.15, -0.1) is 0 Å². The normalized spacial score (nSPS) is 16.5. The van der Waals surface area contributed by atoms with Crippen LogP contribution in [0.4, 0.5) is 5.69 Å². The van der Waals surface area contributed by atoms with E-state index in [9.17, 15) is 8.42 Å². The van der Waals surface area contributed by atoms with Crippen LogP contribution in [0.1, 0.15) is 19.4 Å². The molecule has 0 bridgehead atoms. The Morgan fingerprint density at radius 3 is 2.63 bits per heavy atom. The second-order valence-corrected chi connectivity index (χ2v) is 5.43. The van der Waals surface area contributed by atoms with Gasteiger partial charge >= 0.3 is 10.3 Å². The van der Waals surface area contributed by atoms with Gasteiger partial charge in [0.1, 0.15) is 0 Å². The van der Waals surface area contributed by atoms with Gasteiger partial charge < -0.3 is 14.4 Å². The van der Waals surface area contributed by atoms with Crippen molar-refractivity contribution in [1.82, 2.24) is 4.90 Å². The molecule has 6 nitrogen and oxygen atoms in total. The fourth-order valence-electron chi connectivity index (χ4n) is 1.84. The van der Waals surface area contributed by atoms with E-state index >= 15 is 0 Å². The van der Waals surface area contributed by atoms with Crippen LogP contribution in [0.3, 0.4) is 0 Å². The number of benzene rings is 1. The highest BCUT2D eigenvalue weighted by Gasteiger charge is 2.23. The second-order valence-electron chi connectivity index (χ2n) is 4.22. The van der Waals surface area contributed by atoms with E-state index in [4.69, 9.17) is 4.18 Å². The van der Waals surface area contributed by atoms with Crippen molar-refractivity contribution in [1.29, 1.82) is 0 Å². The zero-order chi connectivity index (χ0) is 14.0. The molecule has 0 saturated heterocycles. The first-order valence-electron chi connectivity index (χ1n) is 6.12. The molecule has 1 aliphatic heterocycles. The van der Waals surface area contributed by atoms with E-state index in [0.717, 1.165) is 5.56 Å². The van der Waals surface area contributed by atoms with Crippen LogP contribution in [0.25, 0.3) is 0 Å². The summed E-state index contributed by atoms with van der Waals surface area (Å²) in [7, 11) is -3.98. The van der Waals surface area contributed by atoms with Gasteiger partial charge in [-0.3, -0.25) is 0 Å². The lowest BCUT2D eigenvalue weighted by atomic mass is 10.2. The number of nitrogens with one attached hydrogen (secondary N) is 1. The van der Waals surface area contributed by atoms with Crippen molar-refractivity contribution in [3.63, 3.8) is 0 Å². The summed E-state index contributed by atoms with van der Waals surface area (Å²) in [5.41, 5.74) is 1.51. The summed E-state index contributed by atoms with van der Waals surface area (Å²) in [5.74, 6) is 0.554. The molecule has 0 unspecified atom stereocenters. The molecular formula is C12H17N3O3S. The summed E-state index contributed by atoms with van der Waals surface area (Å²) in [4.78, 5) is 1.82. The molecule has 0 saturated carbocycles. The molecule has 0 amide bonds. The first-order valence-corrected chi connectivity index (χ1v) is 7.48. The molecule has 7 heteroatoms. The third kappa shape index (κ3) is 2.98. The predicted octanol–water partition coefficient (Wildman–Crippen LogP) is 1.74. The summed E-state index contributed by atoms with van der Waals surface area (Å²) >= 11 is 0. The van der Waals surface area contributed by atoms with Gasteiger partial charge in [-0.25, -0.2) is 0 Å². The smallest absolute Gasteiger partial charge is 0.363 e. The van der Waals surface area contributed by atoms with Crippen LogP contribution in [0.5, 0.6) is 5.75 Å². The van der Waals surface area contributed by atoms with Crippen molar-refractivity contribution in [3.05, 3.63) is 23.8 Å². The Balaban J connectivity index is 2.49. The maximum absolute atomic E-state index is 11.8. The Morgan fingerprint density at radius 1 is 1.32 bits per heavy atom. The molecule has 2 rings (SSSR count). The highest BCUT2D eigenvalue weighted by Crippen LogP contribution is 2.29. The predicted molar refractivity (Wildman–Crippen MR) is 74.7 cm³/mol. The first kappa shape index (κ1) is 13.7. The standard InChI is InChI=1S/C12H17N3O3S/c1-4-15(5-2)12-13-10-7-6-9(3)8-11(10)18-19(16,17)14-12/h6-8H,4-5H2,1-3H3,(H,13,14). The minimum absolute atomic E-state index is 0.269. The molecule has 1 aromatic rings. The van der Waals surface area contributed by atoms with E-state index in [0.29, 0.717) is 18.8 Å². The fraction of sp³-hybridized carbons (Fsp3) is 0.417. The van der Waals surface area contributed by atoms with Crippen molar-refractivity contribution in [2.75, 3.05) is 18.4 Å². The molecule has 104 valence electrons. The maximum Gasteiger partial charge on any atom is 0.431 e.